The second kappa shape index (κ2) is 5.20. The van der Waals surface area contributed by atoms with Gasteiger partial charge in [0.25, 0.3) is 0 Å². The maximum atomic E-state index is 11.2. The van der Waals surface area contributed by atoms with Gasteiger partial charge in [-0.3, -0.25) is 4.90 Å². The molecule has 2 rings (SSSR count). The highest BCUT2D eigenvalue weighted by atomic mass is 32.2. The molecule has 0 radical (unpaired) electrons. The molecule has 2 unspecified atom stereocenters. The van der Waals surface area contributed by atoms with Gasteiger partial charge in [-0.05, 0) is 20.3 Å². The highest BCUT2D eigenvalue weighted by Gasteiger charge is 2.29. The third kappa shape index (κ3) is 3.47. The molecule has 0 aliphatic carbocycles. The van der Waals surface area contributed by atoms with Crippen LogP contribution >= 0.6 is 11.3 Å². The fourth-order valence-corrected chi connectivity index (χ4v) is 3.76. The first-order valence-electron chi connectivity index (χ1n) is 5.86. The van der Waals surface area contributed by atoms with Crippen LogP contribution < -0.4 is 4.72 Å². The molecule has 1 fully saturated rings. The molecule has 0 saturated carbocycles. The number of aromatic nitrogens is 2. The van der Waals surface area contributed by atoms with Crippen molar-refractivity contribution in [2.75, 3.05) is 19.3 Å². The van der Waals surface area contributed by atoms with E-state index in [0.29, 0.717) is 0 Å². The number of likely N-dealkylation sites (tertiary alicyclic amines) is 1. The fourth-order valence-electron chi connectivity index (χ4n) is 2.17. The van der Waals surface area contributed by atoms with Crippen molar-refractivity contribution in [2.24, 2.45) is 0 Å². The zero-order chi connectivity index (χ0) is 13.3. The van der Waals surface area contributed by atoms with E-state index in [1.807, 2.05) is 6.92 Å². The summed E-state index contributed by atoms with van der Waals surface area (Å²) in [5.74, 6) is 0. The van der Waals surface area contributed by atoms with Gasteiger partial charge in [-0.1, -0.05) is 0 Å². The zero-order valence-corrected chi connectivity index (χ0v) is 12.4. The van der Waals surface area contributed by atoms with Crippen LogP contribution in [0, 0.1) is 6.92 Å². The second-order valence-electron chi connectivity index (χ2n) is 4.71. The van der Waals surface area contributed by atoms with Crippen LogP contribution in [0.5, 0.6) is 0 Å². The monoisotopic (exact) mass is 290 g/mol. The van der Waals surface area contributed by atoms with Crippen molar-refractivity contribution in [3.8, 4) is 0 Å². The predicted molar refractivity (Wildman–Crippen MR) is 71.0 cm³/mol. The second-order valence-corrected chi connectivity index (χ2v) is 7.70. The van der Waals surface area contributed by atoms with E-state index in [-0.39, 0.29) is 12.1 Å². The Morgan fingerprint density at radius 3 is 2.78 bits per heavy atom. The minimum atomic E-state index is -3.12. The van der Waals surface area contributed by atoms with Crippen molar-refractivity contribution in [2.45, 2.75) is 32.4 Å². The van der Waals surface area contributed by atoms with Crippen molar-refractivity contribution in [1.82, 2.24) is 19.8 Å². The topological polar surface area (TPSA) is 75.2 Å². The molecule has 102 valence electrons. The first-order chi connectivity index (χ1) is 8.35. The molecule has 1 aliphatic heterocycles. The largest absolute Gasteiger partial charge is 0.293 e. The summed E-state index contributed by atoms with van der Waals surface area (Å²) in [5, 5.41) is 10.1. The van der Waals surface area contributed by atoms with Crippen LogP contribution in [0.3, 0.4) is 0 Å². The molecule has 0 aromatic carbocycles. The van der Waals surface area contributed by atoms with E-state index in [4.69, 9.17) is 0 Å². The Balaban J connectivity index is 1.96. The Bertz CT molecular complexity index is 514. The first kappa shape index (κ1) is 13.9. The third-order valence-electron chi connectivity index (χ3n) is 3.05. The van der Waals surface area contributed by atoms with Crippen LogP contribution in [-0.2, 0) is 10.0 Å². The van der Waals surface area contributed by atoms with Gasteiger partial charge in [-0.2, -0.15) is 0 Å². The zero-order valence-electron chi connectivity index (χ0n) is 10.8. The summed E-state index contributed by atoms with van der Waals surface area (Å²) in [7, 11) is -3.12. The Labute approximate surface area is 111 Å². The smallest absolute Gasteiger partial charge is 0.208 e. The number of rotatable bonds is 4. The molecule has 2 atom stereocenters. The lowest BCUT2D eigenvalue weighted by Gasteiger charge is -2.21. The number of nitrogens with one attached hydrogen (secondary N) is 1. The average Bonchev–Trinajstić information content (AvgIpc) is 2.84. The Morgan fingerprint density at radius 2 is 2.22 bits per heavy atom. The summed E-state index contributed by atoms with van der Waals surface area (Å²) < 4.78 is 25.0. The maximum Gasteiger partial charge on any atom is 0.208 e. The number of hydrogen-bond acceptors (Lipinski definition) is 6. The number of nitrogens with zero attached hydrogens (tertiary/aromatic N) is 3. The Kier molecular flexibility index (Phi) is 4.00. The average molecular weight is 290 g/mol. The summed E-state index contributed by atoms with van der Waals surface area (Å²) in [6, 6.07) is 0.207. The third-order valence-corrected chi connectivity index (χ3v) is 4.82. The molecule has 1 N–H and O–H groups in total. The van der Waals surface area contributed by atoms with Crippen LogP contribution in [0.4, 0.5) is 0 Å². The summed E-state index contributed by atoms with van der Waals surface area (Å²) >= 11 is 1.59. The van der Waals surface area contributed by atoms with Gasteiger partial charge in [0.05, 0.1) is 12.3 Å². The molecule has 1 aromatic rings. The van der Waals surface area contributed by atoms with Gasteiger partial charge >= 0.3 is 0 Å². The van der Waals surface area contributed by atoms with Crippen LogP contribution in [-0.4, -0.2) is 48.9 Å². The van der Waals surface area contributed by atoms with Crippen LogP contribution in [0.1, 0.15) is 29.4 Å². The highest BCUT2D eigenvalue weighted by Crippen LogP contribution is 2.26. The fraction of sp³-hybridized carbons (Fsp3) is 0.800. The van der Waals surface area contributed by atoms with Crippen molar-refractivity contribution in [1.29, 1.82) is 0 Å². The summed E-state index contributed by atoms with van der Waals surface area (Å²) in [6.07, 6.45) is 2.04. The molecule has 6 nitrogen and oxygen atoms in total. The van der Waals surface area contributed by atoms with E-state index < -0.39 is 10.0 Å². The van der Waals surface area contributed by atoms with Gasteiger partial charge in [-0.15, -0.1) is 21.5 Å². The van der Waals surface area contributed by atoms with E-state index in [2.05, 4.69) is 26.7 Å². The number of hydrogen-bond donors (Lipinski definition) is 1. The SMILES string of the molecule is Cc1nnc(C(C)N2CCC(NS(C)(=O)=O)C2)s1. The first-order valence-corrected chi connectivity index (χ1v) is 8.57. The van der Waals surface area contributed by atoms with Crippen LogP contribution in [0.2, 0.25) is 0 Å². The van der Waals surface area contributed by atoms with Crippen LogP contribution in [0.25, 0.3) is 0 Å². The van der Waals surface area contributed by atoms with Gasteiger partial charge in [0.1, 0.15) is 10.0 Å². The molecule has 2 heterocycles. The van der Waals surface area contributed by atoms with Crippen molar-refractivity contribution < 1.29 is 8.42 Å². The molecule has 18 heavy (non-hydrogen) atoms. The summed E-state index contributed by atoms with van der Waals surface area (Å²) in [4.78, 5) is 2.24. The summed E-state index contributed by atoms with van der Waals surface area (Å²) in [5.41, 5.74) is 0. The van der Waals surface area contributed by atoms with Crippen molar-refractivity contribution >= 4 is 21.4 Å². The van der Waals surface area contributed by atoms with Crippen molar-refractivity contribution in [3.63, 3.8) is 0 Å². The van der Waals surface area contributed by atoms with E-state index in [1.54, 1.807) is 11.3 Å². The lowest BCUT2D eigenvalue weighted by Crippen LogP contribution is -2.36. The molecule has 8 heteroatoms. The molecule has 0 amide bonds. The lowest BCUT2D eigenvalue weighted by molar-refractivity contribution is 0.257. The number of aryl methyl sites for hydroxylation is 1. The molecule has 1 aliphatic rings. The quantitative estimate of drug-likeness (QED) is 0.875. The normalized spacial score (nSPS) is 23.4. The lowest BCUT2D eigenvalue weighted by atomic mass is 10.3. The van der Waals surface area contributed by atoms with Crippen LogP contribution in [0.15, 0.2) is 0 Å². The van der Waals surface area contributed by atoms with Gasteiger partial charge in [0.15, 0.2) is 0 Å². The molecule has 1 aromatic heterocycles. The van der Waals surface area contributed by atoms with Crippen molar-refractivity contribution in [3.05, 3.63) is 10.0 Å². The molecular weight excluding hydrogens is 272 g/mol. The predicted octanol–water partition coefficient (Wildman–Crippen LogP) is 0.531. The van der Waals surface area contributed by atoms with Gasteiger partial charge in [0, 0.05) is 19.1 Å². The Morgan fingerprint density at radius 1 is 1.50 bits per heavy atom. The maximum absolute atomic E-state index is 11.2. The van der Waals surface area contributed by atoms with E-state index in [9.17, 15) is 8.42 Å². The minimum Gasteiger partial charge on any atom is -0.293 e. The molecule has 0 bridgehead atoms. The molecular formula is C10H18N4O2S2. The minimum absolute atomic E-state index is 0.0106. The van der Waals surface area contributed by atoms with Gasteiger partial charge < -0.3 is 0 Å². The molecule has 1 saturated heterocycles. The van der Waals surface area contributed by atoms with Gasteiger partial charge in [-0.25, -0.2) is 13.1 Å². The van der Waals surface area contributed by atoms with E-state index in [0.717, 1.165) is 29.5 Å². The molecule has 0 spiro atoms. The Hall–Kier alpha value is -0.570. The highest BCUT2D eigenvalue weighted by molar-refractivity contribution is 7.88. The summed E-state index contributed by atoms with van der Waals surface area (Å²) in [6.45, 7) is 5.63. The van der Waals surface area contributed by atoms with E-state index >= 15 is 0 Å². The van der Waals surface area contributed by atoms with E-state index in [1.165, 1.54) is 6.26 Å². The number of sulfonamides is 1. The van der Waals surface area contributed by atoms with Gasteiger partial charge in [0.2, 0.25) is 10.0 Å². The standard InChI is InChI=1S/C10H18N4O2S2/c1-7(10-12-11-8(2)17-10)14-5-4-9(6-14)13-18(3,15)16/h7,9,13H,4-6H2,1-3H3.